The highest BCUT2D eigenvalue weighted by Crippen LogP contribution is 2.38. The van der Waals surface area contributed by atoms with E-state index in [9.17, 15) is 18.4 Å². The zero-order chi connectivity index (χ0) is 16.6. The van der Waals surface area contributed by atoms with Crippen molar-refractivity contribution in [3.05, 3.63) is 58.1 Å². The van der Waals surface area contributed by atoms with Crippen LogP contribution in [0.4, 0.5) is 14.5 Å². The largest absolute Gasteiger partial charge is 0.486 e. The molecule has 0 N–H and O–H groups in total. The van der Waals surface area contributed by atoms with E-state index in [4.69, 9.17) is 4.74 Å². The summed E-state index contributed by atoms with van der Waals surface area (Å²) < 4.78 is 29.9. The van der Waals surface area contributed by atoms with Crippen LogP contribution in [0.1, 0.15) is 20.7 Å². The van der Waals surface area contributed by atoms with E-state index >= 15 is 0 Å². The summed E-state index contributed by atoms with van der Waals surface area (Å²) in [5, 5.41) is 0. The maximum absolute atomic E-state index is 12.5. The van der Waals surface area contributed by atoms with Crippen LogP contribution in [0.2, 0.25) is 0 Å². The SMILES string of the molecule is O=C1c2ccccc2C(=O)N1c1cccc(OCC(F)F)c1Br. The average molecular weight is 382 g/mol. The second-order valence-corrected chi connectivity index (χ2v) is 5.58. The Morgan fingerprint density at radius 1 is 1.00 bits per heavy atom. The number of nitrogens with zero attached hydrogens (tertiary/aromatic N) is 1. The fourth-order valence-electron chi connectivity index (χ4n) is 2.34. The first kappa shape index (κ1) is 15.6. The monoisotopic (exact) mass is 381 g/mol. The third kappa shape index (κ3) is 2.72. The molecule has 2 aromatic carbocycles. The van der Waals surface area contributed by atoms with Crippen LogP contribution in [0.15, 0.2) is 46.9 Å². The molecular weight excluding hydrogens is 372 g/mol. The number of rotatable bonds is 4. The molecule has 0 aliphatic carbocycles. The third-order valence-electron chi connectivity index (χ3n) is 3.34. The van der Waals surface area contributed by atoms with Gasteiger partial charge in [-0.3, -0.25) is 9.59 Å². The van der Waals surface area contributed by atoms with E-state index in [2.05, 4.69) is 15.9 Å². The van der Waals surface area contributed by atoms with Crippen molar-refractivity contribution in [1.29, 1.82) is 0 Å². The number of fused-ring (bicyclic) bond motifs is 1. The van der Waals surface area contributed by atoms with Gasteiger partial charge in [0.1, 0.15) is 12.4 Å². The summed E-state index contributed by atoms with van der Waals surface area (Å²) in [7, 11) is 0. The van der Waals surface area contributed by atoms with Gasteiger partial charge in [0.2, 0.25) is 0 Å². The number of imide groups is 1. The van der Waals surface area contributed by atoms with Crippen molar-refractivity contribution >= 4 is 33.4 Å². The topological polar surface area (TPSA) is 46.6 Å². The minimum absolute atomic E-state index is 0.138. The van der Waals surface area contributed by atoms with Crippen LogP contribution in [0.5, 0.6) is 5.75 Å². The van der Waals surface area contributed by atoms with Crippen molar-refractivity contribution in [3.63, 3.8) is 0 Å². The zero-order valence-corrected chi connectivity index (χ0v) is 13.2. The Morgan fingerprint density at radius 2 is 1.61 bits per heavy atom. The van der Waals surface area contributed by atoms with Gasteiger partial charge in [-0.1, -0.05) is 18.2 Å². The average Bonchev–Trinajstić information content (AvgIpc) is 2.79. The maximum atomic E-state index is 12.5. The molecule has 1 heterocycles. The lowest BCUT2D eigenvalue weighted by atomic mass is 10.1. The molecule has 0 aromatic heterocycles. The second kappa shape index (κ2) is 6.08. The minimum Gasteiger partial charge on any atom is -0.486 e. The number of hydrogen-bond acceptors (Lipinski definition) is 3. The van der Waals surface area contributed by atoms with Crippen LogP contribution in [0.25, 0.3) is 0 Å². The number of halogens is 3. The van der Waals surface area contributed by atoms with Gasteiger partial charge in [-0.2, -0.15) is 0 Å². The number of carbonyl (C=O) groups excluding carboxylic acids is 2. The lowest BCUT2D eigenvalue weighted by molar-refractivity contribution is 0.0814. The first-order chi connectivity index (χ1) is 11.0. The maximum Gasteiger partial charge on any atom is 0.272 e. The van der Waals surface area contributed by atoms with Crippen LogP contribution >= 0.6 is 15.9 Å². The van der Waals surface area contributed by atoms with Gasteiger partial charge < -0.3 is 4.74 Å². The first-order valence-corrected chi connectivity index (χ1v) is 7.47. The molecule has 0 spiro atoms. The van der Waals surface area contributed by atoms with Crippen LogP contribution in [0, 0.1) is 0 Å². The predicted molar refractivity (Wildman–Crippen MR) is 83.2 cm³/mol. The van der Waals surface area contributed by atoms with Gasteiger partial charge >= 0.3 is 0 Å². The first-order valence-electron chi connectivity index (χ1n) is 6.68. The standard InChI is InChI=1S/C16H10BrF2NO3/c17-14-11(6-3-7-12(14)23-8-13(18)19)20-15(21)9-4-1-2-5-10(9)16(20)22/h1-7,13H,8H2. The molecule has 2 amide bonds. The number of carbonyl (C=O) groups is 2. The van der Waals surface area contributed by atoms with Crippen molar-refractivity contribution in [1.82, 2.24) is 0 Å². The normalized spacial score (nSPS) is 13.7. The lowest BCUT2D eigenvalue weighted by Gasteiger charge is -2.18. The molecule has 4 nitrogen and oxygen atoms in total. The Balaban J connectivity index is 1.99. The van der Waals surface area contributed by atoms with Gasteiger partial charge in [-0.05, 0) is 40.2 Å². The van der Waals surface area contributed by atoms with Crippen LogP contribution < -0.4 is 9.64 Å². The van der Waals surface area contributed by atoms with E-state index in [1.54, 1.807) is 30.3 Å². The third-order valence-corrected chi connectivity index (χ3v) is 4.14. The molecule has 7 heteroatoms. The van der Waals surface area contributed by atoms with Gasteiger partial charge in [-0.15, -0.1) is 0 Å². The molecule has 1 aliphatic rings. The Bertz CT molecular complexity index is 760. The van der Waals surface area contributed by atoms with E-state index in [1.807, 2.05) is 0 Å². The number of amides is 2. The van der Waals surface area contributed by atoms with Gasteiger partial charge in [0.25, 0.3) is 18.2 Å². The Kier molecular flexibility index (Phi) is 4.12. The minimum atomic E-state index is -2.62. The van der Waals surface area contributed by atoms with Crippen molar-refractivity contribution in [2.75, 3.05) is 11.5 Å². The molecular formula is C16H10BrF2NO3. The molecule has 0 saturated heterocycles. The smallest absolute Gasteiger partial charge is 0.272 e. The lowest BCUT2D eigenvalue weighted by Crippen LogP contribution is -2.29. The second-order valence-electron chi connectivity index (χ2n) is 4.78. The molecule has 3 rings (SSSR count). The summed E-state index contributed by atoms with van der Waals surface area (Å²) in [4.78, 5) is 25.9. The highest BCUT2D eigenvalue weighted by molar-refractivity contribution is 9.10. The molecule has 0 saturated carbocycles. The molecule has 0 radical (unpaired) electrons. The zero-order valence-electron chi connectivity index (χ0n) is 11.6. The highest BCUT2D eigenvalue weighted by Gasteiger charge is 2.37. The van der Waals surface area contributed by atoms with E-state index in [-0.39, 0.29) is 15.9 Å². The Labute approximate surface area is 138 Å². The molecule has 0 bridgehead atoms. The summed E-state index contributed by atoms with van der Waals surface area (Å²) >= 11 is 3.23. The number of alkyl halides is 2. The quantitative estimate of drug-likeness (QED) is 0.754. The van der Waals surface area contributed by atoms with Crippen LogP contribution in [-0.4, -0.2) is 24.8 Å². The number of anilines is 1. The Hall–Kier alpha value is -2.28. The van der Waals surface area contributed by atoms with Crippen LogP contribution in [-0.2, 0) is 0 Å². The van der Waals surface area contributed by atoms with Gasteiger partial charge in [0.15, 0.2) is 0 Å². The molecule has 1 aliphatic heterocycles. The fourth-order valence-corrected chi connectivity index (χ4v) is 2.90. The highest BCUT2D eigenvalue weighted by atomic mass is 79.9. The van der Waals surface area contributed by atoms with E-state index in [0.29, 0.717) is 11.1 Å². The molecule has 2 aromatic rings. The summed E-state index contributed by atoms with van der Waals surface area (Å²) in [6.07, 6.45) is -2.62. The summed E-state index contributed by atoms with van der Waals surface area (Å²) in [6.45, 7) is -0.774. The van der Waals surface area contributed by atoms with Crippen LogP contribution in [0.3, 0.4) is 0 Å². The molecule has 0 fully saturated rings. The van der Waals surface area contributed by atoms with E-state index < -0.39 is 24.8 Å². The number of hydrogen-bond donors (Lipinski definition) is 0. The fraction of sp³-hybridized carbons (Fsp3) is 0.125. The summed E-state index contributed by atoms with van der Waals surface area (Å²) in [5.41, 5.74) is 0.870. The molecule has 23 heavy (non-hydrogen) atoms. The molecule has 0 atom stereocenters. The summed E-state index contributed by atoms with van der Waals surface area (Å²) in [5.74, 6) is -0.783. The van der Waals surface area contributed by atoms with E-state index in [1.165, 1.54) is 12.1 Å². The van der Waals surface area contributed by atoms with Gasteiger partial charge in [-0.25, -0.2) is 13.7 Å². The molecule has 118 valence electrons. The van der Waals surface area contributed by atoms with Gasteiger partial charge in [0.05, 0.1) is 21.3 Å². The van der Waals surface area contributed by atoms with E-state index in [0.717, 1.165) is 4.90 Å². The Morgan fingerprint density at radius 3 is 2.17 bits per heavy atom. The summed E-state index contributed by atoms with van der Waals surface area (Å²) in [6, 6.07) is 11.0. The van der Waals surface area contributed by atoms with Crippen molar-refractivity contribution in [2.24, 2.45) is 0 Å². The van der Waals surface area contributed by atoms with Crippen molar-refractivity contribution in [3.8, 4) is 5.75 Å². The van der Waals surface area contributed by atoms with Crippen molar-refractivity contribution in [2.45, 2.75) is 6.43 Å². The predicted octanol–water partition coefficient (Wildman–Crippen LogP) is 3.89. The molecule has 0 unspecified atom stereocenters. The number of ether oxygens (including phenoxy) is 1. The van der Waals surface area contributed by atoms with Crippen molar-refractivity contribution < 1.29 is 23.1 Å². The van der Waals surface area contributed by atoms with Gasteiger partial charge in [0, 0.05) is 0 Å². The number of benzene rings is 2.